The summed E-state index contributed by atoms with van der Waals surface area (Å²) in [6, 6.07) is 16.8. The van der Waals surface area contributed by atoms with Gasteiger partial charge in [0.05, 0.1) is 11.6 Å². The number of benzene rings is 2. The number of rotatable bonds is 3. The van der Waals surface area contributed by atoms with Crippen LogP contribution in [0.1, 0.15) is 27.0 Å². The second kappa shape index (κ2) is 6.35. The van der Waals surface area contributed by atoms with Crippen LogP contribution in [0.4, 0.5) is 0 Å². The van der Waals surface area contributed by atoms with E-state index < -0.39 is 0 Å². The van der Waals surface area contributed by atoms with Gasteiger partial charge in [-0.1, -0.05) is 36.4 Å². The predicted molar refractivity (Wildman–Crippen MR) is 79.9 cm³/mol. The molecule has 0 aliphatic heterocycles. The molecule has 0 spiro atoms. The zero-order chi connectivity index (χ0) is 14.4. The highest BCUT2D eigenvalue weighted by molar-refractivity contribution is 5.94. The third kappa shape index (κ3) is 3.33. The fraction of sp³-hybridized carbons (Fsp3) is 0.0588. The molecule has 20 heavy (non-hydrogen) atoms. The van der Waals surface area contributed by atoms with Gasteiger partial charge in [-0.15, -0.1) is 0 Å². The van der Waals surface area contributed by atoms with E-state index in [0.717, 1.165) is 11.1 Å². The van der Waals surface area contributed by atoms with E-state index in [0.29, 0.717) is 11.1 Å². The molecule has 1 amide bonds. The van der Waals surface area contributed by atoms with Crippen molar-refractivity contribution in [2.45, 2.75) is 0 Å². The van der Waals surface area contributed by atoms with Crippen molar-refractivity contribution >= 4 is 18.1 Å². The van der Waals surface area contributed by atoms with Gasteiger partial charge >= 0.3 is 0 Å². The molecule has 1 N–H and O–H groups in total. The molecule has 0 saturated carbocycles. The first-order valence-electron chi connectivity index (χ1n) is 6.23. The lowest BCUT2D eigenvalue weighted by Crippen LogP contribution is -2.17. The Hall–Kier alpha value is -2.86. The molecule has 2 aromatic rings. The fourth-order valence-corrected chi connectivity index (χ4v) is 1.75. The Morgan fingerprint density at radius 2 is 1.50 bits per heavy atom. The standard InChI is InChI=1S/C17H14N2O/c1-19-17(20)16-10-8-14(9-11-16)3-2-13-4-6-15(12-18)7-5-13/h2-11H,1H3,(H,19,20)/b3-2+. The van der Waals surface area contributed by atoms with E-state index in [-0.39, 0.29) is 5.91 Å². The summed E-state index contributed by atoms with van der Waals surface area (Å²) in [5.74, 6) is -0.0902. The molecule has 0 fully saturated rings. The minimum absolute atomic E-state index is 0.0902. The first-order valence-corrected chi connectivity index (χ1v) is 6.23. The van der Waals surface area contributed by atoms with Crippen molar-refractivity contribution in [2.75, 3.05) is 7.05 Å². The van der Waals surface area contributed by atoms with Crippen LogP contribution in [0.3, 0.4) is 0 Å². The van der Waals surface area contributed by atoms with E-state index in [2.05, 4.69) is 11.4 Å². The lowest BCUT2D eigenvalue weighted by Gasteiger charge is -2.00. The highest BCUT2D eigenvalue weighted by Gasteiger charge is 2.00. The Morgan fingerprint density at radius 3 is 1.95 bits per heavy atom. The zero-order valence-electron chi connectivity index (χ0n) is 11.1. The molecule has 0 aliphatic rings. The van der Waals surface area contributed by atoms with Gasteiger partial charge in [-0.2, -0.15) is 5.26 Å². The van der Waals surface area contributed by atoms with Crippen LogP contribution in [0.2, 0.25) is 0 Å². The molecule has 0 radical (unpaired) electrons. The van der Waals surface area contributed by atoms with Crippen molar-refractivity contribution < 1.29 is 4.79 Å². The topological polar surface area (TPSA) is 52.9 Å². The third-order valence-electron chi connectivity index (χ3n) is 2.91. The molecule has 2 aromatic carbocycles. The Balaban J connectivity index is 2.11. The summed E-state index contributed by atoms with van der Waals surface area (Å²) in [6.07, 6.45) is 3.94. The number of hydrogen-bond acceptors (Lipinski definition) is 2. The van der Waals surface area contributed by atoms with Crippen LogP contribution in [0, 0.1) is 11.3 Å². The van der Waals surface area contributed by atoms with Gasteiger partial charge in [-0.25, -0.2) is 0 Å². The SMILES string of the molecule is CNC(=O)c1ccc(/C=C/c2ccc(C#N)cc2)cc1. The summed E-state index contributed by atoms with van der Waals surface area (Å²) < 4.78 is 0. The van der Waals surface area contributed by atoms with Gasteiger partial charge in [0.2, 0.25) is 0 Å². The third-order valence-corrected chi connectivity index (χ3v) is 2.91. The van der Waals surface area contributed by atoms with Crippen LogP contribution in [0.5, 0.6) is 0 Å². The number of hydrogen-bond donors (Lipinski definition) is 1. The first-order chi connectivity index (χ1) is 9.72. The van der Waals surface area contributed by atoms with Crippen molar-refractivity contribution in [3.05, 3.63) is 70.8 Å². The van der Waals surface area contributed by atoms with Gasteiger partial charge in [-0.3, -0.25) is 4.79 Å². The molecule has 3 nitrogen and oxygen atoms in total. The summed E-state index contributed by atoms with van der Waals surface area (Å²) in [4.78, 5) is 11.4. The molecule has 0 atom stereocenters. The molecule has 0 bridgehead atoms. The summed E-state index contributed by atoms with van der Waals surface area (Å²) >= 11 is 0. The lowest BCUT2D eigenvalue weighted by atomic mass is 10.1. The van der Waals surface area contributed by atoms with Crippen LogP contribution in [-0.2, 0) is 0 Å². The highest BCUT2D eigenvalue weighted by atomic mass is 16.1. The largest absolute Gasteiger partial charge is 0.355 e. The predicted octanol–water partition coefficient (Wildman–Crippen LogP) is 3.09. The molecule has 3 heteroatoms. The van der Waals surface area contributed by atoms with Crippen molar-refractivity contribution in [1.29, 1.82) is 5.26 Å². The van der Waals surface area contributed by atoms with Crippen LogP contribution in [0.25, 0.3) is 12.2 Å². The number of carbonyl (C=O) groups is 1. The zero-order valence-corrected chi connectivity index (χ0v) is 11.1. The molecule has 0 aliphatic carbocycles. The molecular formula is C17H14N2O. The minimum atomic E-state index is -0.0902. The maximum Gasteiger partial charge on any atom is 0.251 e. The van der Waals surface area contributed by atoms with Crippen molar-refractivity contribution in [3.8, 4) is 6.07 Å². The molecule has 0 heterocycles. The van der Waals surface area contributed by atoms with Crippen molar-refractivity contribution in [3.63, 3.8) is 0 Å². The fourth-order valence-electron chi connectivity index (χ4n) is 1.75. The van der Waals surface area contributed by atoms with Gasteiger partial charge in [0.1, 0.15) is 0 Å². The van der Waals surface area contributed by atoms with Crippen molar-refractivity contribution in [1.82, 2.24) is 5.32 Å². The average Bonchev–Trinajstić information content (AvgIpc) is 2.53. The Kier molecular flexibility index (Phi) is 4.31. The van der Waals surface area contributed by atoms with Gasteiger partial charge in [0.15, 0.2) is 0 Å². The number of nitrogens with one attached hydrogen (secondary N) is 1. The van der Waals surface area contributed by atoms with E-state index in [1.54, 1.807) is 31.3 Å². The summed E-state index contributed by atoms with van der Waals surface area (Å²) in [5, 5.41) is 11.3. The van der Waals surface area contributed by atoms with Crippen LogP contribution < -0.4 is 5.32 Å². The highest BCUT2D eigenvalue weighted by Crippen LogP contribution is 2.10. The maximum atomic E-state index is 11.4. The Labute approximate surface area is 118 Å². The maximum absolute atomic E-state index is 11.4. The van der Waals surface area contributed by atoms with E-state index >= 15 is 0 Å². The van der Waals surface area contributed by atoms with Crippen LogP contribution in [-0.4, -0.2) is 13.0 Å². The normalized spacial score (nSPS) is 10.2. The number of nitriles is 1. The molecule has 0 saturated heterocycles. The van der Waals surface area contributed by atoms with Crippen LogP contribution >= 0.6 is 0 Å². The molecular weight excluding hydrogens is 248 g/mol. The number of carbonyl (C=O) groups excluding carboxylic acids is 1. The van der Waals surface area contributed by atoms with E-state index in [9.17, 15) is 4.79 Å². The Morgan fingerprint density at radius 1 is 1.00 bits per heavy atom. The van der Waals surface area contributed by atoms with E-state index in [4.69, 9.17) is 5.26 Å². The quantitative estimate of drug-likeness (QED) is 0.864. The van der Waals surface area contributed by atoms with Gasteiger partial charge in [-0.05, 0) is 35.4 Å². The van der Waals surface area contributed by atoms with E-state index in [1.807, 2.05) is 36.4 Å². The summed E-state index contributed by atoms with van der Waals surface area (Å²) in [7, 11) is 1.61. The van der Waals surface area contributed by atoms with Crippen LogP contribution in [0.15, 0.2) is 48.5 Å². The first kappa shape index (κ1) is 13.6. The second-order valence-corrected chi connectivity index (χ2v) is 4.27. The van der Waals surface area contributed by atoms with Gasteiger partial charge in [0, 0.05) is 12.6 Å². The Bertz CT molecular complexity index is 662. The van der Waals surface area contributed by atoms with Gasteiger partial charge < -0.3 is 5.32 Å². The minimum Gasteiger partial charge on any atom is -0.355 e. The van der Waals surface area contributed by atoms with E-state index in [1.165, 1.54) is 0 Å². The van der Waals surface area contributed by atoms with Crippen molar-refractivity contribution in [2.24, 2.45) is 0 Å². The molecule has 0 aromatic heterocycles. The molecule has 98 valence electrons. The summed E-state index contributed by atoms with van der Waals surface area (Å²) in [5.41, 5.74) is 3.33. The number of amides is 1. The summed E-state index contributed by atoms with van der Waals surface area (Å²) in [6.45, 7) is 0. The average molecular weight is 262 g/mol. The van der Waals surface area contributed by atoms with Gasteiger partial charge in [0.25, 0.3) is 5.91 Å². The molecule has 2 rings (SSSR count). The lowest BCUT2D eigenvalue weighted by molar-refractivity contribution is 0.0963. The molecule has 0 unspecified atom stereocenters. The smallest absolute Gasteiger partial charge is 0.251 e. The monoisotopic (exact) mass is 262 g/mol. The number of nitrogens with zero attached hydrogens (tertiary/aromatic N) is 1. The second-order valence-electron chi connectivity index (χ2n) is 4.27.